The summed E-state index contributed by atoms with van der Waals surface area (Å²) < 4.78 is 0. The first-order chi connectivity index (χ1) is 7.09. The van der Waals surface area contributed by atoms with Gasteiger partial charge in [0.15, 0.2) is 0 Å². The molecule has 0 saturated heterocycles. The molecule has 0 heteroatoms. The minimum Gasteiger partial charge on any atom is -0.0728 e. The molecule has 0 aromatic heterocycles. The van der Waals surface area contributed by atoms with Crippen LogP contribution in [0.3, 0.4) is 0 Å². The SMILES string of the molecule is CC1=C[CH]C2=CC(C)=C(C)C=CC2=C1C. The lowest BCUT2D eigenvalue weighted by Gasteiger charge is -2.17. The first-order valence-electron chi connectivity index (χ1n) is 5.40. The molecule has 15 heavy (non-hydrogen) atoms. The van der Waals surface area contributed by atoms with E-state index < -0.39 is 0 Å². The van der Waals surface area contributed by atoms with Gasteiger partial charge in [-0.2, -0.15) is 0 Å². The van der Waals surface area contributed by atoms with Gasteiger partial charge < -0.3 is 0 Å². The maximum absolute atomic E-state index is 2.27. The van der Waals surface area contributed by atoms with Crippen LogP contribution in [0.25, 0.3) is 0 Å². The quantitative estimate of drug-likeness (QED) is 0.543. The Kier molecular flexibility index (Phi) is 2.52. The Hall–Kier alpha value is -1.30. The summed E-state index contributed by atoms with van der Waals surface area (Å²) in [5, 5.41) is 0. The molecule has 0 aromatic carbocycles. The van der Waals surface area contributed by atoms with Crippen molar-refractivity contribution in [1.29, 1.82) is 0 Å². The Labute approximate surface area is 92.4 Å². The van der Waals surface area contributed by atoms with Crippen molar-refractivity contribution in [2.24, 2.45) is 0 Å². The van der Waals surface area contributed by atoms with Gasteiger partial charge in [0.1, 0.15) is 0 Å². The highest BCUT2D eigenvalue weighted by Crippen LogP contribution is 2.32. The van der Waals surface area contributed by atoms with Crippen LogP contribution >= 0.6 is 0 Å². The lowest BCUT2D eigenvalue weighted by molar-refractivity contribution is 1.23. The minimum absolute atomic E-state index is 1.34. The summed E-state index contributed by atoms with van der Waals surface area (Å²) in [5.74, 6) is 0. The van der Waals surface area contributed by atoms with Crippen LogP contribution in [-0.2, 0) is 0 Å². The smallest absolute Gasteiger partial charge is 0.0134 e. The molecule has 0 N–H and O–H groups in total. The number of fused-ring (bicyclic) bond motifs is 1. The van der Waals surface area contributed by atoms with Gasteiger partial charge in [0.25, 0.3) is 0 Å². The van der Waals surface area contributed by atoms with Crippen LogP contribution in [0.5, 0.6) is 0 Å². The zero-order valence-electron chi connectivity index (χ0n) is 9.89. The molecule has 2 aliphatic carbocycles. The monoisotopic (exact) mass is 197 g/mol. The van der Waals surface area contributed by atoms with Gasteiger partial charge in [0, 0.05) is 6.42 Å². The van der Waals surface area contributed by atoms with Gasteiger partial charge in [-0.1, -0.05) is 29.9 Å². The topological polar surface area (TPSA) is 0 Å². The first kappa shape index (κ1) is 10.2. The lowest BCUT2D eigenvalue weighted by Crippen LogP contribution is -1.99. The highest BCUT2D eigenvalue weighted by Gasteiger charge is 2.14. The van der Waals surface area contributed by atoms with E-state index in [-0.39, 0.29) is 0 Å². The molecule has 0 heterocycles. The summed E-state index contributed by atoms with van der Waals surface area (Å²) in [4.78, 5) is 0. The molecule has 0 aromatic rings. The Morgan fingerprint density at radius 2 is 1.60 bits per heavy atom. The summed E-state index contributed by atoms with van der Waals surface area (Å²) >= 11 is 0. The fourth-order valence-corrected chi connectivity index (χ4v) is 1.89. The van der Waals surface area contributed by atoms with Crippen molar-refractivity contribution in [3.63, 3.8) is 0 Å². The number of hydrogen-bond acceptors (Lipinski definition) is 0. The van der Waals surface area contributed by atoms with Crippen molar-refractivity contribution in [2.45, 2.75) is 27.7 Å². The van der Waals surface area contributed by atoms with Gasteiger partial charge in [-0.3, -0.25) is 0 Å². The van der Waals surface area contributed by atoms with E-state index >= 15 is 0 Å². The van der Waals surface area contributed by atoms with Crippen molar-refractivity contribution in [3.8, 4) is 0 Å². The molecule has 0 bridgehead atoms. The molecule has 0 aliphatic heterocycles. The lowest BCUT2D eigenvalue weighted by atomic mass is 9.88. The van der Waals surface area contributed by atoms with E-state index in [0.717, 1.165) is 0 Å². The zero-order valence-corrected chi connectivity index (χ0v) is 9.89. The predicted molar refractivity (Wildman–Crippen MR) is 66.4 cm³/mol. The number of allylic oxidation sites excluding steroid dienone is 10. The van der Waals surface area contributed by atoms with Gasteiger partial charge in [-0.15, -0.1) is 0 Å². The molecule has 0 fully saturated rings. The number of rotatable bonds is 0. The van der Waals surface area contributed by atoms with E-state index in [0.29, 0.717) is 0 Å². The van der Waals surface area contributed by atoms with Gasteiger partial charge in [0.05, 0.1) is 0 Å². The van der Waals surface area contributed by atoms with Gasteiger partial charge in [-0.05, 0) is 55.6 Å². The third-order valence-corrected chi connectivity index (χ3v) is 3.31. The summed E-state index contributed by atoms with van der Waals surface area (Å²) in [6.45, 7) is 8.70. The van der Waals surface area contributed by atoms with Crippen molar-refractivity contribution in [1.82, 2.24) is 0 Å². The molecule has 0 atom stereocenters. The van der Waals surface area contributed by atoms with Crippen molar-refractivity contribution in [2.75, 3.05) is 0 Å². The van der Waals surface area contributed by atoms with Crippen LogP contribution in [-0.4, -0.2) is 0 Å². The fourth-order valence-electron chi connectivity index (χ4n) is 1.89. The molecule has 0 unspecified atom stereocenters. The fraction of sp³-hybridized carbons (Fsp3) is 0.267. The van der Waals surface area contributed by atoms with Crippen LogP contribution in [0.2, 0.25) is 0 Å². The summed E-state index contributed by atoms with van der Waals surface area (Å²) in [7, 11) is 0. The average Bonchev–Trinajstić information content (AvgIpc) is 2.35. The van der Waals surface area contributed by atoms with E-state index in [1.165, 1.54) is 33.4 Å². The van der Waals surface area contributed by atoms with Crippen LogP contribution in [0, 0.1) is 6.42 Å². The molecule has 1 radical (unpaired) electrons. The van der Waals surface area contributed by atoms with Crippen LogP contribution in [0.15, 0.2) is 57.7 Å². The summed E-state index contributed by atoms with van der Waals surface area (Å²) in [5.41, 5.74) is 8.16. The Bertz CT molecular complexity index is 448. The molecular formula is C15H17. The van der Waals surface area contributed by atoms with E-state index in [1.807, 2.05) is 0 Å². The van der Waals surface area contributed by atoms with E-state index in [4.69, 9.17) is 0 Å². The molecule has 0 saturated carbocycles. The highest BCUT2D eigenvalue weighted by molar-refractivity contribution is 5.62. The van der Waals surface area contributed by atoms with E-state index in [9.17, 15) is 0 Å². The second kappa shape index (κ2) is 3.69. The first-order valence-corrected chi connectivity index (χ1v) is 5.40. The van der Waals surface area contributed by atoms with E-state index in [1.54, 1.807) is 0 Å². The van der Waals surface area contributed by atoms with Gasteiger partial charge in [0.2, 0.25) is 0 Å². The third-order valence-electron chi connectivity index (χ3n) is 3.31. The predicted octanol–water partition coefficient (Wildman–Crippen LogP) is 4.30. The maximum atomic E-state index is 2.27. The molecule has 0 spiro atoms. The number of hydrogen-bond donors (Lipinski definition) is 0. The zero-order chi connectivity index (χ0) is 11.0. The molecule has 2 aliphatic rings. The molecule has 0 nitrogen and oxygen atoms in total. The molecule has 2 rings (SSSR count). The third kappa shape index (κ3) is 1.77. The Morgan fingerprint density at radius 1 is 0.867 bits per heavy atom. The maximum Gasteiger partial charge on any atom is 0.0134 e. The minimum atomic E-state index is 1.34. The molecule has 0 amide bonds. The van der Waals surface area contributed by atoms with E-state index in [2.05, 4.69) is 58.4 Å². The van der Waals surface area contributed by atoms with Crippen molar-refractivity contribution >= 4 is 0 Å². The van der Waals surface area contributed by atoms with Crippen molar-refractivity contribution < 1.29 is 0 Å². The Balaban J connectivity index is 2.57. The summed E-state index contributed by atoms with van der Waals surface area (Å²) in [6, 6.07) is 0. The molecular weight excluding hydrogens is 180 g/mol. The highest BCUT2D eigenvalue weighted by atomic mass is 14.2. The van der Waals surface area contributed by atoms with Gasteiger partial charge in [-0.25, -0.2) is 0 Å². The van der Waals surface area contributed by atoms with Crippen molar-refractivity contribution in [3.05, 3.63) is 64.2 Å². The molecule has 77 valence electrons. The average molecular weight is 197 g/mol. The standard InChI is InChI=1S/C15H17/c1-10-6-8-15-13(4)11(2)5-7-14(15)9-12(10)3/h5-9H,1-4H3. The van der Waals surface area contributed by atoms with Gasteiger partial charge >= 0.3 is 0 Å². The second-order valence-electron chi connectivity index (χ2n) is 4.35. The Morgan fingerprint density at radius 3 is 2.33 bits per heavy atom. The van der Waals surface area contributed by atoms with Crippen LogP contribution < -0.4 is 0 Å². The van der Waals surface area contributed by atoms with Crippen LogP contribution in [0.1, 0.15) is 27.7 Å². The normalized spacial score (nSPS) is 21.1. The summed E-state index contributed by atoms with van der Waals surface area (Å²) in [6.07, 6.45) is 11.1. The largest absolute Gasteiger partial charge is 0.0728 e. The second-order valence-corrected chi connectivity index (χ2v) is 4.35. The van der Waals surface area contributed by atoms with Crippen LogP contribution in [0.4, 0.5) is 0 Å².